The van der Waals surface area contributed by atoms with E-state index in [1.807, 2.05) is 20.8 Å². The van der Waals surface area contributed by atoms with Crippen LogP contribution in [0.4, 0.5) is 18.0 Å². The van der Waals surface area contributed by atoms with Gasteiger partial charge in [-0.15, -0.1) is 0 Å². The molecule has 1 unspecified atom stereocenters. The Morgan fingerprint density at radius 2 is 1.79 bits per heavy atom. The van der Waals surface area contributed by atoms with Gasteiger partial charge in [-0.05, 0) is 75.6 Å². The zero-order valence-corrected chi connectivity index (χ0v) is 26.1. The van der Waals surface area contributed by atoms with Crippen molar-refractivity contribution in [1.82, 2.24) is 4.98 Å². The van der Waals surface area contributed by atoms with Crippen LogP contribution in [0.5, 0.6) is 17.4 Å². The third-order valence-corrected chi connectivity index (χ3v) is 7.56. The molecular weight excluding hydrogens is 595 g/mol. The van der Waals surface area contributed by atoms with E-state index in [2.05, 4.69) is 9.17 Å². The Morgan fingerprint density at radius 3 is 2.33 bits per heavy atom. The summed E-state index contributed by atoms with van der Waals surface area (Å²) in [5, 5.41) is 0. The van der Waals surface area contributed by atoms with Crippen molar-refractivity contribution in [1.29, 1.82) is 0 Å². The molecule has 1 aromatic carbocycles. The van der Waals surface area contributed by atoms with E-state index in [1.54, 1.807) is 39.8 Å². The number of unbranched alkanes of at least 4 members (excludes halogenated alkanes) is 1. The van der Waals surface area contributed by atoms with Crippen LogP contribution in [-0.2, 0) is 26.0 Å². The Bertz CT molecular complexity index is 1500. The molecule has 43 heavy (non-hydrogen) atoms. The van der Waals surface area contributed by atoms with E-state index in [4.69, 9.17) is 18.9 Å². The second-order valence-electron chi connectivity index (χ2n) is 11.5. The van der Waals surface area contributed by atoms with Crippen molar-refractivity contribution in [2.45, 2.75) is 84.8 Å². The fourth-order valence-corrected chi connectivity index (χ4v) is 4.99. The van der Waals surface area contributed by atoms with Crippen LogP contribution in [0, 0.1) is 12.8 Å². The third-order valence-electron chi connectivity index (χ3n) is 6.62. The van der Waals surface area contributed by atoms with Gasteiger partial charge in [-0.3, -0.25) is 0 Å². The van der Waals surface area contributed by atoms with Gasteiger partial charge in [0.1, 0.15) is 11.4 Å². The van der Waals surface area contributed by atoms with Gasteiger partial charge in [-0.1, -0.05) is 27.2 Å². The molecule has 1 aromatic heterocycles. The summed E-state index contributed by atoms with van der Waals surface area (Å²) in [6, 6.07) is 3.49. The van der Waals surface area contributed by atoms with E-state index in [0.717, 1.165) is 20.0 Å². The van der Waals surface area contributed by atoms with Crippen molar-refractivity contribution >= 4 is 22.2 Å². The lowest BCUT2D eigenvalue weighted by atomic mass is 9.74. The maximum atomic E-state index is 13.4. The molecule has 0 fully saturated rings. The molecule has 1 aliphatic carbocycles. The first-order valence-corrected chi connectivity index (χ1v) is 15.1. The molecule has 1 heterocycles. The van der Waals surface area contributed by atoms with E-state index in [9.17, 15) is 31.2 Å². The average Bonchev–Trinajstić information content (AvgIpc) is 2.86. The van der Waals surface area contributed by atoms with Gasteiger partial charge < -0.3 is 23.1 Å². The number of hydrogen-bond donors (Lipinski definition) is 0. The average molecular weight is 632 g/mol. The van der Waals surface area contributed by atoms with Crippen molar-refractivity contribution in [2.24, 2.45) is 5.92 Å². The molecule has 0 spiro atoms. The number of halogens is 3. The lowest BCUT2D eigenvalue weighted by Gasteiger charge is -2.33. The maximum Gasteiger partial charge on any atom is 0.534 e. The zero-order valence-electron chi connectivity index (χ0n) is 25.3. The van der Waals surface area contributed by atoms with Gasteiger partial charge in [0.15, 0.2) is 11.3 Å². The molecule has 0 saturated heterocycles. The van der Waals surface area contributed by atoms with Crippen LogP contribution >= 0.6 is 0 Å². The van der Waals surface area contributed by atoms with Crippen LogP contribution in [0.2, 0.25) is 0 Å². The summed E-state index contributed by atoms with van der Waals surface area (Å²) in [5.74, 6) is -3.26. The second-order valence-corrected chi connectivity index (χ2v) is 13.0. The summed E-state index contributed by atoms with van der Waals surface area (Å²) >= 11 is 0. The SMILES string of the molecule is CCCCOc1cc2c(cc1C)-c1nc(OS(=O)(=O)C(F)(F)F)c(C(=O)OC)c(OC(=O)OC(C)(C)C)c1C(C(C)C)C2. The monoisotopic (exact) mass is 631 g/mol. The first-order chi connectivity index (χ1) is 19.8. The van der Waals surface area contributed by atoms with Crippen LogP contribution in [0.1, 0.15) is 87.4 Å². The van der Waals surface area contributed by atoms with Crippen molar-refractivity contribution in [3.63, 3.8) is 0 Å². The molecular formula is C29H36F3NO9S. The number of aromatic nitrogens is 1. The highest BCUT2D eigenvalue weighted by atomic mass is 32.2. The molecule has 3 rings (SSSR count). The van der Waals surface area contributed by atoms with Gasteiger partial charge in [-0.2, -0.15) is 21.6 Å². The number of carbonyl (C=O) groups is 2. The number of pyridine rings is 1. The third kappa shape index (κ3) is 7.51. The minimum atomic E-state index is -6.31. The number of fused-ring (bicyclic) bond motifs is 3. The summed E-state index contributed by atoms with van der Waals surface area (Å²) in [6.07, 6.45) is 0.799. The zero-order chi connectivity index (χ0) is 32.5. The van der Waals surface area contributed by atoms with Crippen LogP contribution in [0.3, 0.4) is 0 Å². The highest BCUT2D eigenvalue weighted by Crippen LogP contribution is 2.51. The minimum absolute atomic E-state index is 0.0262. The normalized spacial score (nSPS) is 14.9. The predicted octanol–water partition coefficient (Wildman–Crippen LogP) is 6.86. The second kappa shape index (κ2) is 12.6. The Hall–Kier alpha value is -3.55. The molecule has 1 aliphatic rings. The van der Waals surface area contributed by atoms with Crippen molar-refractivity contribution in [2.75, 3.05) is 13.7 Å². The van der Waals surface area contributed by atoms with Gasteiger partial charge >= 0.3 is 27.8 Å². The van der Waals surface area contributed by atoms with Crippen LogP contribution in [0.15, 0.2) is 12.1 Å². The Labute approximate surface area is 248 Å². The molecule has 14 heteroatoms. The van der Waals surface area contributed by atoms with E-state index in [0.29, 0.717) is 35.5 Å². The van der Waals surface area contributed by atoms with E-state index in [1.165, 1.54) is 0 Å². The number of alkyl halides is 3. The largest absolute Gasteiger partial charge is 0.534 e. The Balaban J connectivity index is 2.43. The van der Waals surface area contributed by atoms with E-state index < -0.39 is 56.5 Å². The van der Waals surface area contributed by atoms with Crippen molar-refractivity contribution in [3.05, 3.63) is 34.4 Å². The fraction of sp³-hybridized carbons (Fsp3) is 0.552. The predicted molar refractivity (Wildman–Crippen MR) is 150 cm³/mol. The number of aryl methyl sites for hydroxylation is 1. The summed E-state index contributed by atoms with van der Waals surface area (Å²) in [7, 11) is -5.40. The number of benzene rings is 1. The Morgan fingerprint density at radius 1 is 1.14 bits per heavy atom. The van der Waals surface area contributed by atoms with E-state index >= 15 is 0 Å². The molecule has 0 N–H and O–H groups in total. The lowest BCUT2D eigenvalue weighted by molar-refractivity contribution is -0.0502. The molecule has 10 nitrogen and oxygen atoms in total. The molecule has 0 amide bonds. The molecule has 238 valence electrons. The van der Waals surface area contributed by atoms with Gasteiger partial charge in [0.05, 0.1) is 19.4 Å². The number of carbonyl (C=O) groups excluding carboxylic acids is 2. The van der Waals surface area contributed by atoms with Crippen molar-refractivity contribution in [3.8, 4) is 28.6 Å². The lowest BCUT2D eigenvalue weighted by Crippen LogP contribution is -2.31. The quantitative estimate of drug-likeness (QED) is 0.125. The number of methoxy groups -OCH3 is 1. The van der Waals surface area contributed by atoms with Gasteiger partial charge in [0.25, 0.3) is 5.88 Å². The highest BCUT2D eigenvalue weighted by molar-refractivity contribution is 7.88. The van der Waals surface area contributed by atoms with Gasteiger partial charge in [0, 0.05) is 11.1 Å². The smallest absolute Gasteiger partial charge is 0.493 e. The number of rotatable bonds is 9. The molecule has 2 aromatic rings. The molecule has 0 radical (unpaired) electrons. The minimum Gasteiger partial charge on any atom is -0.493 e. The van der Waals surface area contributed by atoms with Crippen molar-refractivity contribution < 1.29 is 54.3 Å². The summed E-state index contributed by atoms with van der Waals surface area (Å²) in [5.41, 5.74) is -5.88. The highest BCUT2D eigenvalue weighted by Gasteiger charge is 2.50. The molecule has 0 bridgehead atoms. The van der Waals surface area contributed by atoms with Gasteiger partial charge in [0.2, 0.25) is 0 Å². The number of nitrogens with zero attached hydrogens (tertiary/aromatic N) is 1. The fourth-order valence-electron chi connectivity index (χ4n) is 4.57. The summed E-state index contributed by atoms with van der Waals surface area (Å²) in [6.45, 7) is 12.6. The first kappa shape index (κ1) is 33.9. The molecule has 0 aliphatic heterocycles. The van der Waals surface area contributed by atoms with E-state index in [-0.39, 0.29) is 17.2 Å². The van der Waals surface area contributed by atoms with Crippen LogP contribution in [0.25, 0.3) is 11.3 Å². The number of hydrogen-bond acceptors (Lipinski definition) is 10. The maximum absolute atomic E-state index is 13.4. The topological polar surface area (TPSA) is 127 Å². The summed E-state index contributed by atoms with van der Waals surface area (Å²) < 4.78 is 90.4. The van der Waals surface area contributed by atoms with Crippen LogP contribution < -0.4 is 13.7 Å². The summed E-state index contributed by atoms with van der Waals surface area (Å²) in [4.78, 5) is 30.1. The number of esters is 1. The Kier molecular flexibility index (Phi) is 9.94. The standard InChI is InChI=1S/C29H36F3NO9S/c1-9-10-11-39-20-14-17-13-18(15(2)3)21-23(19(17)12-16(20)4)33-25(42-43(36,37)29(30,31)32)22(26(34)38-8)24(21)40-27(35)41-28(5,6)7/h12,14-15,18H,9-11,13H2,1-8H3. The molecule has 0 saturated carbocycles. The van der Waals surface area contributed by atoms with Crippen LogP contribution in [-0.4, -0.2) is 50.4 Å². The number of ether oxygens (including phenoxy) is 4. The molecule has 1 atom stereocenters. The first-order valence-electron chi connectivity index (χ1n) is 13.7. The van der Waals surface area contributed by atoms with Gasteiger partial charge in [-0.25, -0.2) is 14.6 Å².